The van der Waals surface area contributed by atoms with Gasteiger partial charge >= 0.3 is 6.09 Å². The van der Waals surface area contributed by atoms with Gasteiger partial charge in [0.05, 0.1) is 12.6 Å². The molecule has 0 radical (unpaired) electrons. The summed E-state index contributed by atoms with van der Waals surface area (Å²) in [4.78, 5) is 37.5. The van der Waals surface area contributed by atoms with Gasteiger partial charge < -0.3 is 24.7 Å². The van der Waals surface area contributed by atoms with E-state index in [9.17, 15) is 19.5 Å². The van der Waals surface area contributed by atoms with E-state index in [4.69, 9.17) is 9.47 Å². The smallest absolute Gasteiger partial charge is 0.414 e. The van der Waals surface area contributed by atoms with E-state index in [-0.39, 0.29) is 24.0 Å². The number of carbonyl (C=O) groups excluding carboxylic acids is 2. The van der Waals surface area contributed by atoms with Gasteiger partial charge in [-0.05, 0) is 37.7 Å². The first-order valence-electron chi connectivity index (χ1n) is 9.61. The number of aliphatic hydroxyl groups is 1. The molecule has 1 aromatic carbocycles. The quantitative estimate of drug-likeness (QED) is 0.658. The molecule has 2 fully saturated rings. The van der Waals surface area contributed by atoms with Crippen LogP contribution in [-0.4, -0.2) is 56.1 Å². The molecule has 3 heterocycles. The van der Waals surface area contributed by atoms with Crippen LogP contribution in [0.2, 0.25) is 18.6 Å². The summed E-state index contributed by atoms with van der Waals surface area (Å²) < 4.78 is 11.4. The molecule has 3 aliphatic heterocycles. The van der Waals surface area contributed by atoms with E-state index in [1.807, 2.05) is 20.0 Å². The summed E-state index contributed by atoms with van der Waals surface area (Å²) in [6.45, 7) is 6.31. The van der Waals surface area contributed by atoms with E-state index in [1.54, 1.807) is 18.2 Å². The highest BCUT2D eigenvalue weighted by Gasteiger charge is 2.64. The Morgan fingerprint density at radius 3 is 2.71 bits per heavy atom. The van der Waals surface area contributed by atoms with E-state index < -0.39 is 26.1 Å². The maximum Gasteiger partial charge on any atom is 0.414 e. The molecule has 3 N–H and O–H groups in total. The van der Waals surface area contributed by atoms with Crippen molar-refractivity contribution in [2.45, 2.75) is 43.7 Å². The molecule has 0 bridgehead atoms. The highest BCUT2D eigenvalue weighted by molar-refractivity contribution is 6.71. The lowest BCUT2D eigenvalue weighted by Gasteiger charge is -2.32. The Balaban J connectivity index is 1.80. The monoisotopic (exact) mass is 406 g/mol. The summed E-state index contributed by atoms with van der Waals surface area (Å²) in [7, 11) is -2.68. The highest BCUT2D eigenvalue weighted by Crippen LogP contribution is 2.58. The van der Waals surface area contributed by atoms with Gasteiger partial charge in [-0.1, -0.05) is 6.92 Å². The molecule has 3 aliphatic rings. The van der Waals surface area contributed by atoms with Crippen molar-refractivity contribution in [2.75, 3.05) is 30.0 Å². The minimum Gasteiger partial charge on any atom is -0.447 e. The van der Waals surface area contributed by atoms with Crippen molar-refractivity contribution in [3.8, 4) is 0 Å². The van der Waals surface area contributed by atoms with E-state index in [1.165, 1.54) is 4.90 Å². The standard InChI is InChI=1S/C19H26N2O6Si/c1-11-16(28(2,3)25)15(6-8-22)27-19(11)13-10-12(21-7-9-26-18(21)24)4-5-14(13)20-17(19)23/h4-5,10-11,15-16,22,25H,6-9H2,1-3H3,(H,20,23)/t11-,15+,16-,19+/m0/s1. The van der Waals surface area contributed by atoms with Crippen molar-refractivity contribution in [3.05, 3.63) is 23.8 Å². The zero-order valence-corrected chi connectivity index (χ0v) is 17.3. The van der Waals surface area contributed by atoms with Gasteiger partial charge in [0.2, 0.25) is 0 Å². The Kier molecular flexibility index (Phi) is 4.53. The van der Waals surface area contributed by atoms with E-state index in [0.29, 0.717) is 36.5 Å². The number of nitrogens with one attached hydrogen (secondary N) is 1. The summed E-state index contributed by atoms with van der Waals surface area (Å²) in [5, 5.41) is 12.4. The zero-order chi connectivity index (χ0) is 20.3. The van der Waals surface area contributed by atoms with Crippen LogP contribution in [0.1, 0.15) is 18.9 Å². The molecule has 2 amide bonds. The zero-order valence-electron chi connectivity index (χ0n) is 16.3. The number of amides is 2. The van der Waals surface area contributed by atoms with Crippen LogP contribution < -0.4 is 10.2 Å². The lowest BCUT2D eigenvalue weighted by Crippen LogP contribution is -2.43. The third kappa shape index (κ3) is 2.68. The van der Waals surface area contributed by atoms with Crippen molar-refractivity contribution in [2.24, 2.45) is 5.92 Å². The summed E-state index contributed by atoms with van der Waals surface area (Å²) in [5.41, 5.74) is 0.513. The third-order valence-corrected chi connectivity index (χ3v) is 8.71. The summed E-state index contributed by atoms with van der Waals surface area (Å²) in [5.74, 6) is -0.544. The van der Waals surface area contributed by atoms with Gasteiger partial charge in [-0.2, -0.15) is 0 Å². The number of aliphatic hydroxyl groups excluding tert-OH is 1. The lowest BCUT2D eigenvalue weighted by molar-refractivity contribution is -0.143. The van der Waals surface area contributed by atoms with Crippen LogP contribution >= 0.6 is 0 Å². The molecule has 0 unspecified atom stereocenters. The molecule has 28 heavy (non-hydrogen) atoms. The fraction of sp³-hybridized carbons (Fsp3) is 0.579. The van der Waals surface area contributed by atoms with Crippen LogP contribution in [-0.2, 0) is 19.9 Å². The van der Waals surface area contributed by atoms with Gasteiger partial charge in [0, 0.05) is 35.0 Å². The maximum absolute atomic E-state index is 13.1. The van der Waals surface area contributed by atoms with E-state index in [2.05, 4.69) is 5.32 Å². The fourth-order valence-electron chi connectivity index (χ4n) is 5.08. The average Bonchev–Trinajstić information content (AvgIpc) is 3.24. The number of nitrogens with zero attached hydrogens (tertiary/aromatic N) is 1. The van der Waals surface area contributed by atoms with Crippen molar-refractivity contribution in [1.29, 1.82) is 0 Å². The molecule has 4 atom stereocenters. The fourth-order valence-corrected chi connectivity index (χ4v) is 7.68. The molecule has 9 heteroatoms. The molecule has 0 aliphatic carbocycles. The minimum atomic E-state index is -2.68. The number of hydrogen-bond donors (Lipinski definition) is 3. The Labute approximate surface area is 164 Å². The number of carbonyl (C=O) groups is 2. The number of hydrogen-bond acceptors (Lipinski definition) is 6. The molecule has 1 spiro atoms. The first-order valence-corrected chi connectivity index (χ1v) is 12.6. The maximum atomic E-state index is 13.1. The molecular formula is C19H26N2O6Si. The predicted molar refractivity (Wildman–Crippen MR) is 105 cm³/mol. The Bertz CT molecular complexity index is 825. The Morgan fingerprint density at radius 2 is 2.11 bits per heavy atom. The SMILES string of the molecule is C[C@H]1[C@H]([Si](C)(C)O)[C@@H](CCO)O[C@]12C(=O)Nc1ccc(N3CCOC3=O)cc12. The van der Waals surface area contributed by atoms with Crippen LogP contribution in [0.15, 0.2) is 18.2 Å². The third-order valence-electron chi connectivity index (χ3n) is 6.21. The van der Waals surface area contributed by atoms with Gasteiger partial charge in [-0.25, -0.2) is 4.79 Å². The highest BCUT2D eigenvalue weighted by atomic mass is 28.4. The second-order valence-electron chi connectivity index (χ2n) is 8.32. The van der Waals surface area contributed by atoms with Crippen LogP contribution in [0.3, 0.4) is 0 Å². The number of benzene rings is 1. The van der Waals surface area contributed by atoms with Crippen LogP contribution in [0.4, 0.5) is 16.2 Å². The average molecular weight is 407 g/mol. The molecule has 152 valence electrons. The van der Waals surface area contributed by atoms with Crippen molar-refractivity contribution < 1.29 is 29.0 Å². The second kappa shape index (κ2) is 6.55. The number of fused-ring (bicyclic) bond motifs is 2. The molecule has 2 saturated heterocycles. The number of cyclic esters (lactones) is 1. The van der Waals surface area contributed by atoms with Crippen molar-refractivity contribution in [1.82, 2.24) is 0 Å². The normalized spacial score (nSPS) is 32.0. The van der Waals surface area contributed by atoms with Crippen LogP contribution in [0, 0.1) is 5.92 Å². The van der Waals surface area contributed by atoms with E-state index in [0.717, 1.165) is 0 Å². The van der Waals surface area contributed by atoms with Gasteiger partial charge in [-0.15, -0.1) is 0 Å². The summed E-state index contributed by atoms with van der Waals surface area (Å²) in [6, 6.07) is 5.35. The second-order valence-corrected chi connectivity index (χ2v) is 12.3. The number of anilines is 2. The van der Waals surface area contributed by atoms with Gasteiger partial charge in [-0.3, -0.25) is 9.69 Å². The molecule has 0 aromatic heterocycles. The van der Waals surface area contributed by atoms with Gasteiger partial charge in [0.1, 0.15) is 6.61 Å². The van der Waals surface area contributed by atoms with Crippen LogP contribution in [0.25, 0.3) is 0 Å². The van der Waals surface area contributed by atoms with Crippen LogP contribution in [0.5, 0.6) is 0 Å². The minimum absolute atomic E-state index is 0.0808. The molecule has 1 aromatic rings. The van der Waals surface area contributed by atoms with Gasteiger partial charge in [0.15, 0.2) is 13.9 Å². The largest absolute Gasteiger partial charge is 0.447 e. The summed E-state index contributed by atoms with van der Waals surface area (Å²) in [6.07, 6.45) is -0.468. The number of rotatable bonds is 4. The van der Waals surface area contributed by atoms with Crippen molar-refractivity contribution >= 4 is 31.7 Å². The first kappa shape index (κ1) is 19.4. The topological polar surface area (TPSA) is 108 Å². The Hall–Kier alpha value is -1.94. The van der Waals surface area contributed by atoms with Gasteiger partial charge in [0.25, 0.3) is 5.91 Å². The predicted octanol–water partition coefficient (Wildman–Crippen LogP) is 1.78. The first-order chi connectivity index (χ1) is 13.2. The van der Waals surface area contributed by atoms with Crippen molar-refractivity contribution in [3.63, 3.8) is 0 Å². The number of ether oxygens (including phenoxy) is 2. The van der Waals surface area contributed by atoms with E-state index >= 15 is 0 Å². The molecule has 4 rings (SSSR count). The molecular weight excluding hydrogens is 380 g/mol. The Morgan fingerprint density at radius 1 is 1.36 bits per heavy atom. The lowest BCUT2D eigenvalue weighted by atomic mass is 9.82. The molecule has 8 nitrogen and oxygen atoms in total. The molecule has 0 saturated carbocycles. The summed E-state index contributed by atoms with van der Waals surface area (Å²) >= 11 is 0.